The Balaban J connectivity index is 2.50. The van der Waals surface area contributed by atoms with Crippen molar-refractivity contribution in [3.8, 4) is 5.75 Å². The van der Waals surface area contributed by atoms with Gasteiger partial charge in [-0.15, -0.1) is 0 Å². The van der Waals surface area contributed by atoms with Crippen molar-refractivity contribution in [2.24, 2.45) is 11.7 Å². The summed E-state index contributed by atoms with van der Waals surface area (Å²) < 4.78 is 5.56. The number of ether oxygens (including phenoxy) is 1. The Bertz CT molecular complexity index is 614. The van der Waals surface area contributed by atoms with Crippen molar-refractivity contribution >= 4 is 23.2 Å². The number of nitro benzene ring substituents is 1. The highest BCUT2D eigenvalue weighted by Gasteiger charge is 2.37. The quantitative estimate of drug-likeness (QED) is 0.652. The molecule has 0 saturated carbocycles. The lowest BCUT2D eigenvalue weighted by molar-refractivity contribution is -0.384. The summed E-state index contributed by atoms with van der Waals surface area (Å²) in [5.41, 5.74) is 5.32. The van der Waals surface area contributed by atoms with Gasteiger partial charge in [0.1, 0.15) is 6.54 Å². The first-order valence-electron chi connectivity index (χ1n) is 6.36. The number of hydrogen-bond acceptors (Lipinski definition) is 5. The zero-order valence-corrected chi connectivity index (χ0v) is 11.6. The van der Waals surface area contributed by atoms with Gasteiger partial charge in [-0.2, -0.15) is 0 Å². The number of anilines is 1. The summed E-state index contributed by atoms with van der Waals surface area (Å²) in [6.07, 6.45) is -0.807. The Hall–Kier alpha value is -2.64. The molecular formula is C13H15N3O5. The number of benzene rings is 1. The maximum atomic E-state index is 12.3. The maximum Gasteiger partial charge on any atom is 0.273 e. The molecule has 1 unspecified atom stereocenters. The molecule has 8 nitrogen and oxygen atoms in total. The van der Waals surface area contributed by atoms with Crippen molar-refractivity contribution in [1.29, 1.82) is 0 Å². The van der Waals surface area contributed by atoms with Crippen LogP contribution in [0, 0.1) is 16.0 Å². The van der Waals surface area contributed by atoms with Gasteiger partial charge >= 0.3 is 0 Å². The Morgan fingerprint density at radius 3 is 2.71 bits per heavy atom. The van der Waals surface area contributed by atoms with Gasteiger partial charge in [0, 0.05) is 6.07 Å². The molecule has 1 aromatic carbocycles. The number of hydrogen-bond donors (Lipinski definition) is 1. The van der Waals surface area contributed by atoms with Gasteiger partial charge in [0.25, 0.3) is 11.6 Å². The molecule has 8 heteroatoms. The average molecular weight is 293 g/mol. The second-order valence-corrected chi connectivity index (χ2v) is 5.08. The molecule has 2 N–H and O–H groups in total. The van der Waals surface area contributed by atoms with Crippen LogP contribution in [0.2, 0.25) is 0 Å². The largest absolute Gasteiger partial charge is 0.478 e. The van der Waals surface area contributed by atoms with Gasteiger partial charge in [0.05, 0.1) is 16.7 Å². The van der Waals surface area contributed by atoms with E-state index >= 15 is 0 Å². The molecule has 1 atom stereocenters. The van der Waals surface area contributed by atoms with Crippen molar-refractivity contribution < 1.29 is 19.2 Å². The van der Waals surface area contributed by atoms with E-state index in [1.165, 1.54) is 23.1 Å². The number of nitrogens with zero attached hydrogens (tertiary/aromatic N) is 2. The lowest BCUT2D eigenvalue weighted by atomic mass is 10.0. The monoisotopic (exact) mass is 293 g/mol. The summed E-state index contributed by atoms with van der Waals surface area (Å²) in [6.45, 7) is 3.27. The van der Waals surface area contributed by atoms with Crippen molar-refractivity contribution in [1.82, 2.24) is 0 Å². The third kappa shape index (κ3) is 2.78. The predicted molar refractivity (Wildman–Crippen MR) is 73.9 cm³/mol. The molecule has 1 aliphatic rings. The first kappa shape index (κ1) is 14.8. The third-order valence-corrected chi connectivity index (χ3v) is 3.13. The van der Waals surface area contributed by atoms with Crippen molar-refractivity contribution in [2.45, 2.75) is 20.0 Å². The van der Waals surface area contributed by atoms with E-state index in [1.54, 1.807) is 13.8 Å². The standard InChI is InChI=1S/C13H15N3O5/c1-7(2)12-13(18)15(6-11(14)17)9-4-3-8(16(19)20)5-10(9)21-12/h3-5,7,12H,6H2,1-2H3,(H2,14,17). The second kappa shape index (κ2) is 5.39. The van der Waals surface area contributed by atoms with Gasteiger partial charge in [-0.05, 0) is 12.0 Å². The number of non-ortho nitro benzene ring substituents is 1. The van der Waals surface area contributed by atoms with Gasteiger partial charge < -0.3 is 10.5 Å². The van der Waals surface area contributed by atoms with Crippen LogP contribution in [-0.4, -0.2) is 29.4 Å². The number of primary amides is 1. The van der Waals surface area contributed by atoms with E-state index in [4.69, 9.17) is 10.5 Å². The second-order valence-electron chi connectivity index (χ2n) is 5.08. The predicted octanol–water partition coefficient (Wildman–Crippen LogP) is 0.830. The minimum absolute atomic E-state index is 0.148. The first-order chi connectivity index (χ1) is 9.81. The number of nitro groups is 1. The molecule has 0 saturated heterocycles. The van der Waals surface area contributed by atoms with Crippen LogP contribution in [0.15, 0.2) is 18.2 Å². The van der Waals surface area contributed by atoms with E-state index in [0.717, 1.165) is 0 Å². The van der Waals surface area contributed by atoms with Crippen LogP contribution >= 0.6 is 0 Å². The fraction of sp³-hybridized carbons (Fsp3) is 0.385. The average Bonchev–Trinajstić information content (AvgIpc) is 2.40. The molecule has 1 aromatic rings. The van der Waals surface area contributed by atoms with Gasteiger partial charge in [0.15, 0.2) is 11.9 Å². The van der Waals surface area contributed by atoms with Crippen LogP contribution in [-0.2, 0) is 9.59 Å². The Morgan fingerprint density at radius 1 is 1.52 bits per heavy atom. The minimum atomic E-state index is -0.807. The van der Waals surface area contributed by atoms with Crippen molar-refractivity contribution in [3.05, 3.63) is 28.3 Å². The molecule has 0 bridgehead atoms. The summed E-state index contributed by atoms with van der Waals surface area (Å²) in [5.74, 6) is -1.01. The first-order valence-corrected chi connectivity index (χ1v) is 6.36. The van der Waals surface area contributed by atoms with Crippen molar-refractivity contribution in [2.75, 3.05) is 11.4 Å². The molecule has 0 spiro atoms. The number of carbonyl (C=O) groups excluding carboxylic acids is 2. The molecule has 2 rings (SSSR count). The fourth-order valence-electron chi connectivity index (χ4n) is 2.13. The zero-order valence-electron chi connectivity index (χ0n) is 11.6. The Morgan fingerprint density at radius 2 is 2.19 bits per heavy atom. The van der Waals surface area contributed by atoms with E-state index in [1.807, 2.05) is 0 Å². The lowest BCUT2D eigenvalue weighted by Crippen LogP contribution is -2.50. The molecule has 2 amide bonds. The lowest BCUT2D eigenvalue weighted by Gasteiger charge is -2.35. The Labute approximate surface area is 120 Å². The number of carbonyl (C=O) groups is 2. The molecule has 1 heterocycles. The number of fused-ring (bicyclic) bond motifs is 1. The molecule has 112 valence electrons. The van der Waals surface area contributed by atoms with E-state index < -0.39 is 16.9 Å². The number of nitrogens with two attached hydrogens (primary N) is 1. The highest BCUT2D eigenvalue weighted by Crippen LogP contribution is 2.38. The summed E-state index contributed by atoms with van der Waals surface area (Å²) in [6, 6.07) is 3.87. The van der Waals surface area contributed by atoms with Crippen LogP contribution in [0.3, 0.4) is 0 Å². The highest BCUT2D eigenvalue weighted by atomic mass is 16.6. The molecular weight excluding hydrogens is 278 g/mol. The van der Waals surface area contributed by atoms with Crippen LogP contribution in [0.1, 0.15) is 13.8 Å². The fourth-order valence-corrected chi connectivity index (χ4v) is 2.13. The number of amides is 2. The van der Waals surface area contributed by atoms with Crippen molar-refractivity contribution in [3.63, 3.8) is 0 Å². The Kier molecular flexibility index (Phi) is 3.79. The van der Waals surface area contributed by atoms with Crippen LogP contribution in [0.5, 0.6) is 5.75 Å². The summed E-state index contributed by atoms with van der Waals surface area (Å²) in [4.78, 5) is 35.0. The van der Waals surface area contributed by atoms with Gasteiger partial charge in [-0.3, -0.25) is 24.6 Å². The summed E-state index contributed by atoms with van der Waals surface area (Å²) in [5, 5.41) is 10.8. The molecule has 21 heavy (non-hydrogen) atoms. The van der Waals surface area contributed by atoms with Gasteiger partial charge in [-0.1, -0.05) is 13.8 Å². The maximum absolute atomic E-state index is 12.3. The van der Waals surface area contributed by atoms with E-state index in [0.29, 0.717) is 5.69 Å². The highest BCUT2D eigenvalue weighted by molar-refractivity contribution is 6.03. The number of rotatable bonds is 4. The topological polar surface area (TPSA) is 116 Å². The molecule has 0 aromatic heterocycles. The minimum Gasteiger partial charge on any atom is -0.478 e. The third-order valence-electron chi connectivity index (χ3n) is 3.13. The summed E-state index contributed by atoms with van der Waals surface area (Å²) >= 11 is 0. The van der Waals surface area contributed by atoms with E-state index in [-0.39, 0.29) is 29.8 Å². The van der Waals surface area contributed by atoms with E-state index in [2.05, 4.69) is 0 Å². The molecule has 0 aliphatic carbocycles. The molecule has 0 radical (unpaired) electrons. The van der Waals surface area contributed by atoms with Gasteiger partial charge in [-0.25, -0.2) is 0 Å². The zero-order chi connectivity index (χ0) is 15.7. The normalized spacial score (nSPS) is 17.4. The van der Waals surface area contributed by atoms with Crippen LogP contribution in [0.25, 0.3) is 0 Å². The SMILES string of the molecule is CC(C)C1Oc2cc([N+](=O)[O-])ccc2N(CC(N)=O)C1=O. The van der Waals surface area contributed by atoms with E-state index in [9.17, 15) is 19.7 Å². The summed E-state index contributed by atoms with van der Waals surface area (Å²) in [7, 11) is 0. The van der Waals surface area contributed by atoms with Gasteiger partial charge in [0.2, 0.25) is 5.91 Å². The smallest absolute Gasteiger partial charge is 0.273 e. The van der Waals surface area contributed by atoms with Crippen LogP contribution in [0.4, 0.5) is 11.4 Å². The molecule has 0 fully saturated rings. The molecule has 1 aliphatic heterocycles. The van der Waals surface area contributed by atoms with Crippen LogP contribution < -0.4 is 15.4 Å².